The van der Waals surface area contributed by atoms with E-state index in [2.05, 4.69) is 9.97 Å². The maximum atomic E-state index is 13.5. The largest absolute Gasteiger partial charge is 0.392 e. The van der Waals surface area contributed by atoms with Crippen LogP contribution in [0.3, 0.4) is 0 Å². The molecule has 5 nitrogen and oxygen atoms in total. The fourth-order valence-electron chi connectivity index (χ4n) is 3.13. The zero-order chi connectivity index (χ0) is 16.4. The van der Waals surface area contributed by atoms with Crippen molar-refractivity contribution in [3.8, 4) is 0 Å². The van der Waals surface area contributed by atoms with Gasteiger partial charge in [-0.15, -0.1) is 0 Å². The van der Waals surface area contributed by atoms with E-state index >= 15 is 0 Å². The molecule has 2 aromatic rings. The monoisotopic (exact) mass is 317 g/mol. The molecule has 0 bridgehead atoms. The quantitative estimate of drug-likeness (QED) is 0.902. The number of aliphatic hydroxyl groups is 1. The van der Waals surface area contributed by atoms with Crippen molar-refractivity contribution in [2.24, 2.45) is 0 Å². The Morgan fingerprint density at radius 2 is 2.26 bits per heavy atom. The van der Waals surface area contributed by atoms with Gasteiger partial charge in [0.15, 0.2) is 0 Å². The van der Waals surface area contributed by atoms with Crippen molar-refractivity contribution >= 4 is 0 Å². The Hall–Kier alpha value is -2.05. The van der Waals surface area contributed by atoms with Crippen LogP contribution in [0.1, 0.15) is 36.5 Å². The third kappa shape index (κ3) is 3.65. The predicted octanol–water partition coefficient (Wildman–Crippen LogP) is 1.78. The zero-order valence-corrected chi connectivity index (χ0v) is 13.0. The Morgan fingerprint density at radius 1 is 1.43 bits per heavy atom. The first-order chi connectivity index (χ1) is 11.0. The Balaban J connectivity index is 1.85. The number of H-pyrrole nitrogens is 1. The van der Waals surface area contributed by atoms with Crippen LogP contribution in [0.25, 0.3) is 0 Å². The van der Waals surface area contributed by atoms with E-state index < -0.39 is 6.10 Å². The number of aromatic nitrogens is 2. The Kier molecular flexibility index (Phi) is 4.54. The van der Waals surface area contributed by atoms with E-state index in [1.165, 1.54) is 18.2 Å². The van der Waals surface area contributed by atoms with Gasteiger partial charge in [0, 0.05) is 24.3 Å². The summed E-state index contributed by atoms with van der Waals surface area (Å²) in [5.74, 6) is 0.285. The normalized spacial score (nSPS) is 21.7. The SMILES string of the molecule is CCc1cc(=O)[nH]c(CN2C[C@H](O)C[C@H]2c2cccc(F)c2)n1. The fourth-order valence-corrected chi connectivity index (χ4v) is 3.13. The molecule has 1 aromatic carbocycles. The summed E-state index contributed by atoms with van der Waals surface area (Å²) in [7, 11) is 0. The van der Waals surface area contributed by atoms with Gasteiger partial charge in [-0.1, -0.05) is 19.1 Å². The van der Waals surface area contributed by atoms with Crippen molar-refractivity contribution in [3.63, 3.8) is 0 Å². The number of aliphatic hydroxyl groups excluding tert-OH is 1. The average molecular weight is 317 g/mol. The highest BCUT2D eigenvalue weighted by molar-refractivity contribution is 5.22. The Bertz CT molecular complexity index is 747. The van der Waals surface area contributed by atoms with E-state index in [4.69, 9.17) is 0 Å². The zero-order valence-electron chi connectivity index (χ0n) is 13.0. The summed E-state index contributed by atoms with van der Waals surface area (Å²) in [6, 6.07) is 7.84. The van der Waals surface area contributed by atoms with Crippen molar-refractivity contribution in [3.05, 3.63) is 63.6 Å². The molecule has 3 rings (SSSR count). The van der Waals surface area contributed by atoms with E-state index in [0.717, 1.165) is 11.3 Å². The van der Waals surface area contributed by atoms with Gasteiger partial charge in [-0.25, -0.2) is 9.37 Å². The van der Waals surface area contributed by atoms with Crippen molar-refractivity contribution < 1.29 is 9.50 Å². The van der Waals surface area contributed by atoms with Gasteiger partial charge in [0.2, 0.25) is 0 Å². The summed E-state index contributed by atoms with van der Waals surface area (Å²) >= 11 is 0. The van der Waals surface area contributed by atoms with Gasteiger partial charge < -0.3 is 10.1 Å². The van der Waals surface area contributed by atoms with Crippen molar-refractivity contribution in [2.45, 2.75) is 38.5 Å². The number of hydrogen-bond acceptors (Lipinski definition) is 4. The number of aromatic amines is 1. The number of hydrogen-bond donors (Lipinski definition) is 2. The molecule has 0 spiro atoms. The average Bonchev–Trinajstić information content (AvgIpc) is 2.87. The molecule has 1 aliphatic rings. The molecule has 1 aromatic heterocycles. The lowest BCUT2D eigenvalue weighted by molar-refractivity contribution is 0.171. The first kappa shape index (κ1) is 15.8. The van der Waals surface area contributed by atoms with Gasteiger partial charge in [0.1, 0.15) is 11.6 Å². The maximum absolute atomic E-state index is 13.5. The Labute approximate surface area is 133 Å². The molecule has 23 heavy (non-hydrogen) atoms. The highest BCUT2D eigenvalue weighted by Crippen LogP contribution is 2.33. The van der Waals surface area contributed by atoms with Crippen LogP contribution in [0.4, 0.5) is 4.39 Å². The number of rotatable bonds is 4. The van der Waals surface area contributed by atoms with Crippen LogP contribution in [-0.2, 0) is 13.0 Å². The molecule has 0 amide bonds. The van der Waals surface area contributed by atoms with Gasteiger partial charge in [0.05, 0.1) is 12.6 Å². The summed E-state index contributed by atoms with van der Waals surface area (Å²) < 4.78 is 13.5. The van der Waals surface area contributed by atoms with Gasteiger partial charge in [0.25, 0.3) is 5.56 Å². The predicted molar refractivity (Wildman–Crippen MR) is 84.4 cm³/mol. The number of nitrogens with one attached hydrogen (secondary N) is 1. The number of nitrogens with zero attached hydrogens (tertiary/aromatic N) is 2. The third-order valence-corrected chi connectivity index (χ3v) is 4.17. The molecule has 2 atom stereocenters. The standard InChI is InChI=1S/C17H20FN3O2/c1-2-13-7-17(23)20-16(19-13)10-21-9-14(22)8-15(21)11-4-3-5-12(18)6-11/h3-7,14-15,22H,2,8-10H2,1H3,(H,19,20,23)/t14-,15+/m1/s1. The van der Waals surface area contributed by atoms with E-state index in [0.29, 0.717) is 31.8 Å². The minimum absolute atomic E-state index is 0.0868. The molecule has 122 valence electrons. The molecule has 1 fully saturated rings. The second-order valence-electron chi connectivity index (χ2n) is 5.93. The van der Waals surface area contributed by atoms with Crippen LogP contribution in [-0.4, -0.2) is 32.6 Å². The van der Waals surface area contributed by atoms with Crippen molar-refractivity contribution in [2.75, 3.05) is 6.54 Å². The fraction of sp³-hybridized carbons (Fsp3) is 0.412. The topological polar surface area (TPSA) is 69.2 Å². The van der Waals surface area contributed by atoms with E-state index in [1.54, 1.807) is 6.07 Å². The third-order valence-electron chi connectivity index (χ3n) is 4.17. The molecule has 0 radical (unpaired) electrons. The summed E-state index contributed by atoms with van der Waals surface area (Å²) in [4.78, 5) is 20.9. The second kappa shape index (κ2) is 6.60. The summed E-state index contributed by atoms with van der Waals surface area (Å²) in [6.45, 7) is 2.84. The molecule has 2 N–H and O–H groups in total. The van der Waals surface area contributed by atoms with Gasteiger partial charge in [-0.3, -0.25) is 9.69 Å². The van der Waals surface area contributed by atoms with Gasteiger partial charge >= 0.3 is 0 Å². The molecule has 0 saturated carbocycles. The van der Waals surface area contributed by atoms with Crippen LogP contribution in [0, 0.1) is 5.82 Å². The first-order valence-corrected chi connectivity index (χ1v) is 7.82. The minimum atomic E-state index is -0.468. The lowest BCUT2D eigenvalue weighted by atomic mass is 10.0. The molecular formula is C17H20FN3O2. The van der Waals surface area contributed by atoms with Crippen LogP contribution in [0.15, 0.2) is 35.1 Å². The lowest BCUT2D eigenvalue weighted by Crippen LogP contribution is -2.27. The van der Waals surface area contributed by atoms with E-state index in [9.17, 15) is 14.3 Å². The molecule has 2 heterocycles. The summed E-state index contributed by atoms with van der Waals surface area (Å²) in [6.07, 6.45) is 0.762. The Morgan fingerprint density at radius 3 is 3.00 bits per heavy atom. The number of benzene rings is 1. The molecule has 1 aliphatic heterocycles. The number of likely N-dealkylation sites (tertiary alicyclic amines) is 1. The summed E-state index contributed by atoms with van der Waals surface area (Å²) in [5.41, 5.74) is 1.40. The molecule has 6 heteroatoms. The number of β-amino-alcohol motifs (C(OH)–C–C–N with tert-alkyl or cyclic N) is 1. The van der Waals surface area contributed by atoms with Gasteiger partial charge in [-0.05, 0) is 30.5 Å². The van der Waals surface area contributed by atoms with Crippen LogP contribution >= 0.6 is 0 Å². The second-order valence-corrected chi connectivity index (χ2v) is 5.93. The van der Waals surface area contributed by atoms with Crippen molar-refractivity contribution in [1.82, 2.24) is 14.9 Å². The number of aryl methyl sites for hydroxylation is 1. The smallest absolute Gasteiger partial charge is 0.251 e. The summed E-state index contributed by atoms with van der Waals surface area (Å²) in [5, 5.41) is 10.0. The minimum Gasteiger partial charge on any atom is -0.392 e. The number of halogens is 1. The maximum Gasteiger partial charge on any atom is 0.251 e. The highest BCUT2D eigenvalue weighted by atomic mass is 19.1. The lowest BCUT2D eigenvalue weighted by Gasteiger charge is -2.24. The van der Waals surface area contributed by atoms with Crippen LogP contribution in [0.2, 0.25) is 0 Å². The molecular weight excluding hydrogens is 297 g/mol. The molecule has 0 unspecified atom stereocenters. The van der Waals surface area contributed by atoms with Crippen molar-refractivity contribution in [1.29, 1.82) is 0 Å². The van der Waals surface area contributed by atoms with E-state index in [-0.39, 0.29) is 17.4 Å². The van der Waals surface area contributed by atoms with Gasteiger partial charge in [-0.2, -0.15) is 0 Å². The van der Waals surface area contributed by atoms with E-state index in [1.807, 2.05) is 17.9 Å². The highest BCUT2D eigenvalue weighted by Gasteiger charge is 2.32. The molecule has 1 saturated heterocycles. The van der Waals surface area contributed by atoms with Crippen LogP contribution in [0.5, 0.6) is 0 Å². The molecule has 0 aliphatic carbocycles. The van der Waals surface area contributed by atoms with Crippen LogP contribution < -0.4 is 5.56 Å². The first-order valence-electron chi connectivity index (χ1n) is 7.82.